The summed E-state index contributed by atoms with van der Waals surface area (Å²) in [4.78, 5) is 74.7. The average Bonchev–Trinajstić information content (AvgIpc) is 3.48. The van der Waals surface area contributed by atoms with Crippen LogP contribution in [0.5, 0.6) is 0 Å². The molecule has 432 valence electrons. The summed E-state index contributed by atoms with van der Waals surface area (Å²) in [6.45, 7) is 23.8. The van der Waals surface area contributed by atoms with Gasteiger partial charge in [-0.05, 0) is 116 Å². The lowest BCUT2D eigenvalue weighted by molar-refractivity contribution is -0.0506. The lowest BCUT2D eigenvalue weighted by atomic mass is 9.88. The average molecular weight is 1110 g/mol. The van der Waals surface area contributed by atoms with Gasteiger partial charge < -0.3 is 28.4 Å². The van der Waals surface area contributed by atoms with Crippen molar-refractivity contribution in [1.82, 2.24) is 0 Å². The Labute approximate surface area is 480 Å². The van der Waals surface area contributed by atoms with Crippen LogP contribution in [0.25, 0.3) is 0 Å². The summed E-state index contributed by atoms with van der Waals surface area (Å²) in [6.07, 6.45) is 0.447. The van der Waals surface area contributed by atoms with Crippen molar-refractivity contribution >= 4 is 35.8 Å². The van der Waals surface area contributed by atoms with Gasteiger partial charge in [0.25, 0.3) is 0 Å². The normalized spacial score (nSPS) is 13.9. The van der Waals surface area contributed by atoms with Crippen LogP contribution in [0, 0.1) is 29.6 Å². The molecule has 0 aliphatic rings. The lowest BCUT2D eigenvalue weighted by Gasteiger charge is -2.33. The van der Waals surface area contributed by atoms with E-state index < -0.39 is 5.60 Å². The fourth-order valence-electron chi connectivity index (χ4n) is 8.61. The predicted octanol–water partition coefficient (Wildman–Crippen LogP) is 15.6. The number of ether oxygens (including phenoxy) is 6. The maximum absolute atomic E-state index is 12.5. The molecule has 0 aromatic heterocycles. The Hall–Kier alpha value is -7.86. The molecule has 0 fully saturated rings. The van der Waals surface area contributed by atoms with Gasteiger partial charge in [-0.3, -0.25) is 0 Å². The van der Waals surface area contributed by atoms with Crippen molar-refractivity contribution in [2.75, 3.05) is 0 Å². The van der Waals surface area contributed by atoms with E-state index in [1.54, 1.807) is 146 Å². The Morgan fingerprint density at radius 3 is 0.864 bits per heavy atom. The van der Waals surface area contributed by atoms with Crippen LogP contribution in [0.4, 0.5) is 0 Å². The molecule has 12 heteroatoms. The predicted molar refractivity (Wildman–Crippen MR) is 317 cm³/mol. The third kappa shape index (κ3) is 22.0. The Bertz CT molecular complexity index is 2670. The van der Waals surface area contributed by atoms with Gasteiger partial charge in [-0.2, -0.15) is 0 Å². The molecule has 6 rings (SSSR count). The zero-order valence-corrected chi connectivity index (χ0v) is 49.3. The van der Waals surface area contributed by atoms with Crippen LogP contribution in [-0.2, 0) is 28.4 Å². The standard InChI is InChI=1S/3C23H28O4/c1-16(2)20(26-22(24)18-11-7-5-8-12-18)15-21(17(3)4)27-23(25)19-13-9-6-10-14-19;1-5-23(4,27-22(25)19-14-10-7-11-15-19)16-20(17(2)3)26-21(24)18-12-8-6-9-13-18;1-5-20(26-22(24)18-12-8-6-9-13-18)17(4)21(16(2)3)27-23(25)19-14-10-7-11-15-19/h5-14,16-17,20-21H,15H2,1-4H3;6-15,17,20H,5,16H2,1-4H3;6-17,20-21H,5H2,1-4H3. The summed E-state index contributed by atoms with van der Waals surface area (Å²) in [7, 11) is 0. The number of carbonyl (C=O) groups excluding carboxylic acids is 6. The first-order chi connectivity index (χ1) is 38.7. The highest BCUT2D eigenvalue weighted by Crippen LogP contribution is 2.30. The van der Waals surface area contributed by atoms with Crippen molar-refractivity contribution in [2.45, 2.75) is 145 Å². The van der Waals surface area contributed by atoms with Gasteiger partial charge in [-0.1, -0.05) is 185 Å². The zero-order chi connectivity index (χ0) is 59.5. The molecule has 0 saturated carbocycles. The lowest BCUT2D eigenvalue weighted by Crippen LogP contribution is -2.39. The largest absolute Gasteiger partial charge is 0.458 e. The topological polar surface area (TPSA) is 158 Å². The van der Waals surface area contributed by atoms with Crippen LogP contribution in [-0.4, -0.2) is 71.9 Å². The summed E-state index contributed by atoms with van der Waals surface area (Å²) < 4.78 is 34.6. The summed E-state index contributed by atoms with van der Waals surface area (Å²) in [5.41, 5.74) is 2.38. The van der Waals surface area contributed by atoms with E-state index in [-0.39, 0.29) is 95.9 Å². The molecule has 0 N–H and O–H groups in total. The van der Waals surface area contributed by atoms with Crippen LogP contribution >= 0.6 is 0 Å². The molecule has 7 unspecified atom stereocenters. The van der Waals surface area contributed by atoms with Crippen molar-refractivity contribution in [3.63, 3.8) is 0 Å². The molecule has 0 aliphatic heterocycles. The first-order valence-electron chi connectivity index (χ1n) is 28.2. The monoisotopic (exact) mass is 1100 g/mol. The van der Waals surface area contributed by atoms with E-state index in [4.69, 9.17) is 28.4 Å². The van der Waals surface area contributed by atoms with Crippen molar-refractivity contribution in [3.8, 4) is 0 Å². The van der Waals surface area contributed by atoms with Crippen LogP contribution in [0.3, 0.4) is 0 Å². The van der Waals surface area contributed by atoms with Gasteiger partial charge in [-0.15, -0.1) is 0 Å². The van der Waals surface area contributed by atoms with Crippen molar-refractivity contribution in [3.05, 3.63) is 215 Å². The highest BCUT2D eigenvalue weighted by molar-refractivity contribution is 5.92. The highest BCUT2D eigenvalue weighted by atomic mass is 16.6. The Morgan fingerprint density at radius 2 is 0.605 bits per heavy atom. The molecule has 0 bridgehead atoms. The molecule has 0 amide bonds. The quantitative estimate of drug-likeness (QED) is 0.0418. The van der Waals surface area contributed by atoms with E-state index in [0.717, 1.165) is 0 Å². The van der Waals surface area contributed by atoms with E-state index in [9.17, 15) is 28.8 Å². The van der Waals surface area contributed by atoms with Crippen LogP contribution in [0.1, 0.15) is 171 Å². The second-order valence-corrected chi connectivity index (χ2v) is 21.7. The second kappa shape index (κ2) is 33.7. The number of rotatable bonds is 24. The van der Waals surface area contributed by atoms with E-state index in [0.29, 0.717) is 59.1 Å². The summed E-state index contributed by atoms with van der Waals surface area (Å²) in [5, 5.41) is 0. The van der Waals surface area contributed by atoms with E-state index in [1.165, 1.54) is 0 Å². The summed E-state index contributed by atoms with van der Waals surface area (Å²) in [5.74, 6) is -1.87. The highest BCUT2D eigenvalue weighted by Gasteiger charge is 2.36. The molecular formula is C69H84O12. The number of esters is 6. The first kappa shape index (κ1) is 65.7. The van der Waals surface area contributed by atoms with Gasteiger partial charge in [-0.25, -0.2) is 28.8 Å². The Morgan fingerprint density at radius 1 is 0.346 bits per heavy atom. The van der Waals surface area contributed by atoms with Gasteiger partial charge in [0.15, 0.2) is 0 Å². The molecule has 0 radical (unpaired) electrons. The van der Waals surface area contributed by atoms with Gasteiger partial charge in [0, 0.05) is 18.8 Å². The van der Waals surface area contributed by atoms with Crippen LogP contribution in [0.2, 0.25) is 0 Å². The third-order valence-corrected chi connectivity index (χ3v) is 13.9. The van der Waals surface area contributed by atoms with Crippen LogP contribution < -0.4 is 0 Å². The molecule has 0 spiro atoms. The van der Waals surface area contributed by atoms with Gasteiger partial charge >= 0.3 is 35.8 Å². The minimum atomic E-state index is -0.723. The van der Waals surface area contributed by atoms with E-state index in [2.05, 4.69) is 0 Å². The summed E-state index contributed by atoms with van der Waals surface area (Å²) >= 11 is 0. The van der Waals surface area contributed by atoms with Gasteiger partial charge in [0.05, 0.1) is 33.4 Å². The maximum Gasteiger partial charge on any atom is 0.338 e. The summed E-state index contributed by atoms with van der Waals surface area (Å²) in [6, 6.07) is 53.6. The molecular weight excluding hydrogens is 1020 g/mol. The molecule has 0 saturated heterocycles. The SMILES string of the molecule is CC(C)C(CC(OC(=O)c1ccccc1)C(C)C)OC(=O)c1ccccc1.CCC(C)(CC(OC(=O)c1ccccc1)C(C)C)OC(=O)c1ccccc1.CCC(OC(=O)c1ccccc1)C(C)C(OC(=O)c1ccccc1)C(C)C. The van der Waals surface area contributed by atoms with E-state index >= 15 is 0 Å². The fraction of sp³-hybridized carbons (Fsp3) is 0.391. The molecule has 81 heavy (non-hydrogen) atoms. The van der Waals surface area contributed by atoms with Gasteiger partial charge in [0.1, 0.15) is 36.1 Å². The van der Waals surface area contributed by atoms with Gasteiger partial charge in [0.2, 0.25) is 0 Å². The molecule has 0 aliphatic carbocycles. The number of hydrogen-bond donors (Lipinski definition) is 0. The van der Waals surface area contributed by atoms with E-state index in [1.807, 2.05) is 119 Å². The smallest absolute Gasteiger partial charge is 0.338 e. The fourth-order valence-corrected chi connectivity index (χ4v) is 8.61. The third-order valence-electron chi connectivity index (χ3n) is 13.9. The number of benzene rings is 6. The van der Waals surface area contributed by atoms with Crippen molar-refractivity contribution in [2.24, 2.45) is 29.6 Å². The van der Waals surface area contributed by atoms with Crippen LogP contribution in [0.15, 0.2) is 182 Å². The molecule has 0 heterocycles. The minimum Gasteiger partial charge on any atom is -0.458 e. The van der Waals surface area contributed by atoms with Crippen molar-refractivity contribution in [1.29, 1.82) is 0 Å². The number of carbonyl (C=O) groups is 6. The molecule has 7 atom stereocenters. The molecule has 6 aromatic carbocycles. The minimum absolute atomic E-state index is 0.0946. The second-order valence-electron chi connectivity index (χ2n) is 21.7. The Kier molecular flexibility index (Phi) is 27.3. The number of hydrogen-bond acceptors (Lipinski definition) is 12. The molecule has 12 nitrogen and oxygen atoms in total. The first-order valence-corrected chi connectivity index (χ1v) is 28.2. The van der Waals surface area contributed by atoms with Crippen molar-refractivity contribution < 1.29 is 57.2 Å². The maximum atomic E-state index is 12.5. The zero-order valence-electron chi connectivity index (χ0n) is 49.3. The molecule has 6 aromatic rings. The Balaban J connectivity index is 0.000000261.